The van der Waals surface area contributed by atoms with Gasteiger partial charge in [-0.1, -0.05) is 18.2 Å². The predicted octanol–water partition coefficient (Wildman–Crippen LogP) is 1.84. The SMILES string of the molecule is CN(CC(=O)NNC(=O)CSc1cccc2cccnc12)C(=O)c1ccco1. The van der Waals surface area contributed by atoms with Gasteiger partial charge >= 0.3 is 0 Å². The molecular weight excluding hydrogens is 380 g/mol. The summed E-state index contributed by atoms with van der Waals surface area (Å²) in [5.41, 5.74) is 5.46. The van der Waals surface area contributed by atoms with E-state index in [4.69, 9.17) is 4.42 Å². The van der Waals surface area contributed by atoms with Gasteiger partial charge in [0.15, 0.2) is 5.76 Å². The van der Waals surface area contributed by atoms with E-state index in [0.29, 0.717) is 0 Å². The lowest BCUT2D eigenvalue weighted by atomic mass is 10.2. The molecule has 144 valence electrons. The summed E-state index contributed by atoms with van der Waals surface area (Å²) in [6.45, 7) is -0.222. The van der Waals surface area contributed by atoms with Gasteiger partial charge in [-0.05, 0) is 24.3 Å². The topological polar surface area (TPSA) is 105 Å². The van der Waals surface area contributed by atoms with Gasteiger partial charge in [0.1, 0.15) is 6.54 Å². The number of amides is 3. The Labute approximate surface area is 165 Å². The molecule has 3 rings (SSSR count). The van der Waals surface area contributed by atoms with Crippen molar-refractivity contribution in [2.24, 2.45) is 0 Å². The van der Waals surface area contributed by atoms with Crippen LogP contribution in [0.25, 0.3) is 10.9 Å². The van der Waals surface area contributed by atoms with E-state index in [2.05, 4.69) is 15.8 Å². The summed E-state index contributed by atoms with van der Waals surface area (Å²) in [6, 6.07) is 12.6. The van der Waals surface area contributed by atoms with Crippen LogP contribution in [0.15, 0.2) is 64.2 Å². The second-order valence-electron chi connectivity index (χ2n) is 5.85. The molecule has 0 unspecified atom stereocenters. The molecule has 0 saturated carbocycles. The minimum atomic E-state index is -0.521. The number of fused-ring (bicyclic) bond motifs is 1. The summed E-state index contributed by atoms with van der Waals surface area (Å²) in [7, 11) is 1.47. The number of nitrogens with one attached hydrogen (secondary N) is 2. The Morgan fingerprint density at radius 1 is 1.07 bits per heavy atom. The number of carbonyl (C=O) groups is 3. The maximum Gasteiger partial charge on any atom is 0.289 e. The number of para-hydroxylation sites is 1. The largest absolute Gasteiger partial charge is 0.459 e. The zero-order chi connectivity index (χ0) is 19.9. The molecule has 0 spiro atoms. The number of likely N-dealkylation sites (N-methyl/N-ethyl adjacent to an activating group) is 1. The van der Waals surface area contributed by atoms with Crippen molar-refractivity contribution >= 4 is 40.4 Å². The van der Waals surface area contributed by atoms with E-state index >= 15 is 0 Å². The van der Waals surface area contributed by atoms with Crippen LogP contribution in [0.1, 0.15) is 10.6 Å². The molecular formula is C19H18N4O4S. The third-order valence-corrected chi connectivity index (χ3v) is 4.80. The van der Waals surface area contributed by atoms with Crippen LogP contribution in [-0.4, -0.2) is 47.0 Å². The van der Waals surface area contributed by atoms with E-state index < -0.39 is 11.8 Å². The lowest BCUT2D eigenvalue weighted by Gasteiger charge is -2.15. The predicted molar refractivity (Wildman–Crippen MR) is 104 cm³/mol. The van der Waals surface area contributed by atoms with Crippen LogP contribution >= 0.6 is 11.8 Å². The third-order valence-electron chi connectivity index (χ3n) is 3.76. The maximum absolute atomic E-state index is 12.0. The average Bonchev–Trinajstić information content (AvgIpc) is 3.24. The molecule has 0 atom stereocenters. The first-order chi connectivity index (χ1) is 13.5. The number of hydrogen-bond donors (Lipinski definition) is 2. The summed E-state index contributed by atoms with van der Waals surface area (Å²) in [6.07, 6.45) is 3.08. The standard InChI is InChI=1S/C19H18N4O4S/c1-23(19(26)14-7-4-10-27-14)11-16(24)21-22-17(25)12-28-15-8-2-5-13-6-3-9-20-18(13)15/h2-10H,11-12H2,1H3,(H,21,24)(H,22,25). The fourth-order valence-electron chi connectivity index (χ4n) is 2.43. The highest BCUT2D eigenvalue weighted by Crippen LogP contribution is 2.25. The van der Waals surface area contributed by atoms with E-state index in [-0.39, 0.29) is 24.0 Å². The number of furan rings is 1. The molecule has 2 aromatic heterocycles. The quantitative estimate of drug-likeness (QED) is 0.485. The van der Waals surface area contributed by atoms with Crippen LogP contribution in [0.2, 0.25) is 0 Å². The Bertz CT molecular complexity index is 985. The number of hydrazine groups is 1. The first kappa shape index (κ1) is 19.4. The van der Waals surface area contributed by atoms with E-state index in [1.54, 1.807) is 12.3 Å². The molecule has 9 heteroatoms. The molecule has 0 radical (unpaired) electrons. The number of carbonyl (C=O) groups excluding carboxylic acids is 3. The fourth-order valence-corrected chi connectivity index (χ4v) is 3.27. The van der Waals surface area contributed by atoms with Crippen molar-refractivity contribution in [1.29, 1.82) is 0 Å². The van der Waals surface area contributed by atoms with E-state index in [0.717, 1.165) is 15.8 Å². The zero-order valence-electron chi connectivity index (χ0n) is 15.0. The highest BCUT2D eigenvalue weighted by Gasteiger charge is 2.17. The summed E-state index contributed by atoms with van der Waals surface area (Å²) < 4.78 is 5.00. The molecule has 2 heterocycles. The summed E-state index contributed by atoms with van der Waals surface area (Å²) >= 11 is 1.32. The average molecular weight is 398 g/mol. The number of nitrogens with zero attached hydrogens (tertiary/aromatic N) is 2. The fraction of sp³-hybridized carbons (Fsp3) is 0.158. The molecule has 0 bridgehead atoms. The molecule has 2 N–H and O–H groups in total. The van der Waals surface area contributed by atoms with Crippen LogP contribution in [0, 0.1) is 0 Å². The minimum absolute atomic E-state index is 0.108. The number of pyridine rings is 1. The highest BCUT2D eigenvalue weighted by atomic mass is 32.2. The molecule has 8 nitrogen and oxygen atoms in total. The van der Waals surface area contributed by atoms with E-state index in [1.807, 2.05) is 30.3 Å². The van der Waals surface area contributed by atoms with Gasteiger partial charge < -0.3 is 9.32 Å². The second-order valence-corrected chi connectivity index (χ2v) is 6.87. The highest BCUT2D eigenvalue weighted by molar-refractivity contribution is 8.00. The number of hydrogen-bond acceptors (Lipinski definition) is 6. The van der Waals surface area contributed by atoms with Gasteiger partial charge in [0, 0.05) is 23.5 Å². The van der Waals surface area contributed by atoms with Crippen molar-refractivity contribution in [3.63, 3.8) is 0 Å². The molecule has 28 heavy (non-hydrogen) atoms. The minimum Gasteiger partial charge on any atom is -0.459 e. The van der Waals surface area contributed by atoms with Crippen molar-refractivity contribution in [3.8, 4) is 0 Å². The smallest absolute Gasteiger partial charge is 0.289 e. The molecule has 0 saturated heterocycles. The normalized spacial score (nSPS) is 10.5. The summed E-state index contributed by atoms with van der Waals surface area (Å²) in [5.74, 6) is -1.07. The van der Waals surface area contributed by atoms with Crippen LogP contribution < -0.4 is 10.9 Å². The van der Waals surface area contributed by atoms with Gasteiger partial charge in [-0.15, -0.1) is 11.8 Å². The van der Waals surface area contributed by atoms with Crippen LogP contribution in [-0.2, 0) is 9.59 Å². The molecule has 0 fully saturated rings. The summed E-state index contributed by atoms with van der Waals surface area (Å²) in [4.78, 5) is 42.3. The van der Waals surface area contributed by atoms with Crippen molar-refractivity contribution < 1.29 is 18.8 Å². The first-order valence-electron chi connectivity index (χ1n) is 8.38. The Morgan fingerprint density at radius 2 is 1.86 bits per heavy atom. The van der Waals surface area contributed by atoms with E-state index in [9.17, 15) is 14.4 Å². The summed E-state index contributed by atoms with van der Waals surface area (Å²) in [5, 5.41) is 0.991. The Balaban J connectivity index is 1.45. The molecule has 3 amide bonds. The first-order valence-corrected chi connectivity index (χ1v) is 9.36. The van der Waals surface area contributed by atoms with E-state index in [1.165, 1.54) is 36.0 Å². The molecule has 1 aromatic carbocycles. The second kappa shape index (κ2) is 9.05. The molecule has 3 aromatic rings. The van der Waals surface area contributed by atoms with Gasteiger partial charge in [0.25, 0.3) is 11.8 Å². The van der Waals surface area contributed by atoms with Gasteiger partial charge in [0.05, 0.1) is 17.5 Å². The van der Waals surface area contributed by atoms with Crippen molar-refractivity contribution in [3.05, 3.63) is 60.7 Å². The molecule has 0 aliphatic rings. The van der Waals surface area contributed by atoms with Gasteiger partial charge in [-0.25, -0.2) is 0 Å². The molecule has 0 aliphatic carbocycles. The Kier molecular flexibility index (Phi) is 6.28. The van der Waals surface area contributed by atoms with Crippen LogP contribution in [0.3, 0.4) is 0 Å². The van der Waals surface area contributed by atoms with Crippen molar-refractivity contribution in [2.45, 2.75) is 4.90 Å². The Hall–Kier alpha value is -3.33. The van der Waals surface area contributed by atoms with Crippen molar-refractivity contribution in [1.82, 2.24) is 20.7 Å². The maximum atomic E-state index is 12.0. The van der Waals surface area contributed by atoms with Crippen LogP contribution in [0.4, 0.5) is 0 Å². The van der Waals surface area contributed by atoms with Crippen LogP contribution in [0.5, 0.6) is 0 Å². The lowest BCUT2D eigenvalue weighted by molar-refractivity contribution is -0.127. The Morgan fingerprint density at radius 3 is 2.64 bits per heavy atom. The lowest BCUT2D eigenvalue weighted by Crippen LogP contribution is -2.47. The third kappa shape index (κ3) is 4.89. The number of benzene rings is 1. The van der Waals surface area contributed by atoms with Gasteiger partial charge in [-0.3, -0.25) is 30.2 Å². The zero-order valence-corrected chi connectivity index (χ0v) is 15.9. The number of rotatable bonds is 6. The van der Waals surface area contributed by atoms with Crippen molar-refractivity contribution in [2.75, 3.05) is 19.3 Å². The number of aromatic nitrogens is 1. The van der Waals surface area contributed by atoms with Gasteiger partial charge in [-0.2, -0.15) is 0 Å². The number of thioether (sulfide) groups is 1. The monoisotopic (exact) mass is 398 g/mol. The van der Waals surface area contributed by atoms with Gasteiger partial charge in [0.2, 0.25) is 5.91 Å². The molecule has 0 aliphatic heterocycles.